The Bertz CT molecular complexity index is 902. The molecule has 4 rings (SSSR count). The number of fused-ring (bicyclic) bond motifs is 1. The van der Waals surface area contributed by atoms with Gasteiger partial charge in [-0.2, -0.15) is 5.10 Å². The minimum Gasteiger partial charge on any atom is -0.334 e. The smallest absolute Gasteiger partial charge is 0.282 e. The molecule has 3 heterocycles. The summed E-state index contributed by atoms with van der Waals surface area (Å²) >= 11 is 0. The lowest BCUT2D eigenvalue weighted by molar-refractivity contribution is 0.0729. The lowest BCUT2D eigenvalue weighted by Gasteiger charge is -2.27. The van der Waals surface area contributed by atoms with Crippen molar-refractivity contribution >= 4 is 5.91 Å². The van der Waals surface area contributed by atoms with Crippen molar-refractivity contribution in [1.82, 2.24) is 19.7 Å². The first-order valence-corrected chi connectivity index (χ1v) is 8.00. The van der Waals surface area contributed by atoms with E-state index in [1.165, 1.54) is 0 Å². The fourth-order valence-corrected chi connectivity index (χ4v) is 3.16. The molecule has 1 aromatic carbocycles. The number of nitrogens with zero attached hydrogens (tertiary/aromatic N) is 3. The predicted molar refractivity (Wildman–Crippen MR) is 87.8 cm³/mol. The molecule has 0 aliphatic carbocycles. The third-order valence-corrected chi connectivity index (χ3v) is 4.46. The van der Waals surface area contributed by atoms with Crippen molar-refractivity contribution in [2.75, 3.05) is 6.54 Å². The summed E-state index contributed by atoms with van der Waals surface area (Å²) in [6, 6.07) is 11.1. The highest BCUT2D eigenvalue weighted by Crippen LogP contribution is 2.28. The van der Waals surface area contributed by atoms with Gasteiger partial charge in [-0.3, -0.25) is 9.89 Å². The quantitative estimate of drug-likeness (QED) is 0.794. The molecule has 0 unspecified atom stereocenters. The number of halogens is 2. The SMILES string of the molecule is O=C(c1cccc(-n2cccc2)c1)N1CCc2[nH]nc(C(F)F)c2C1. The van der Waals surface area contributed by atoms with Crippen molar-refractivity contribution in [2.24, 2.45) is 0 Å². The standard InChI is InChI=1S/C18H16F2N4O/c19-17(20)16-14-11-24(9-6-15(14)21-22-16)18(25)12-4-3-5-13(10-12)23-7-1-2-8-23/h1-5,7-8,10,17H,6,9,11H2,(H,21,22). The molecule has 0 fully saturated rings. The molecule has 1 amide bonds. The van der Waals surface area contributed by atoms with Gasteiger partial charge in [-0.25, -0.2) is 8.78 Å². The molecule has 2 aromatic heterocycles. The van der Waals surface area contributed by atoms with Crippen LogP contribution < -0.4 is 0 Å². The van der Waals surface area contributed by atoms with Gasteiger partial charge in [0.1, 0.15) is 5.69 Å². The Hall–Kier alpha value is -2.96. The van der Waals surface area contributed by atoms with Crippen LogP contribution in [0.25, 0.3) is 5.69 Å². The Labute approximate surface area is 142 Å². The van der Waals surface area contributed by atoms with Gasteiger partial charge < -0.3 is 9.47 Å². The van der Waals surface area contributed by atoms with Crippen molar-refractivity contribution in [3.05, 3.63) is 71.3 Å². The zero-order valence-corrected chi connectivity index (χ0v) is 13.3. The van der Waals surface area contributed by atoms with Gasteiger partial charge in [0, 0.05) is 54.4 Å². The number of alkyl halides is 2. The van der Waals surface area contributed by atoms with Crippen LogP contribution in [0.5, 0.6) is 0 Å². The van der Waals surface area contributed by atoms with Crippen LogP contribution in [0.2, 0.25) is 0 Å². The molecule has 0 radical (unpaired) electrons. The van der Waals surface area contributed by atoms with E-state index in [4.69, 9.17) is 0 Å². The van der Waals surface area contributed by atoms with Gasteiger partial charge in [-0.15, -0.1) is 0 Å². The van der Waals surface area contributed by atoms with Crippen molar-refractivity contribution in [2.45, 2.75) is 19.4 Å². The van der Waals surface area contributed by atoms with Crippen LogP contribution in [0.15, 0.2) is 48.8 Å². The number of hydrogen-bond donors (Lipinski definition) is 1. The van der Waals surface area contributed by atoms with Crippen molar-refractivity contribution < 1.29 is 13.6 Å². The van der Waals surface area contributed by atoms with Crippen LogP contribution in [0.1, 0.15) is 33.7 Å². The van der Waals surface area contributed by atoms with E-state index in [1.54, 1.807) is 17.0 Å². The van der Waals surface area contributed by atoms with E-state index in [0.717, 1.165) is 5.69 Å². The summed E-state index contributed by atoms with van der Waals surface area (Å²) in [5.74, 6) is -0.166. The first-order valence-electron chi connectivity index (χ1n) is 8.00. The molecule has 25 heavy (non-hydrogen) atoms. The summed E-state index contributed by atoms with van der Waals surface area (Å²) in [4.78, 5) is 14.4. The van der Waals surface area contributed by atoms with Gasteiger partial charge in [-0.05, 0) is 30.3 Å². The van der Waals surface area contributed by atoms with E-state index in [2.05, 4.69) is 10.2 Å². The van der Waals surface area contributed by atoms with Crippen LogP contribution in [0, 0.1) is 0 Å². The van der Waals surface area contributed by atoms with Crippen LogP contribution in [0.3, 0.4) is 0 Å². The molecule has 5 nitrogen and oxygen atoms in total. The van der Waals surface area contributed by atoms with Crippen LogP contribution in [-0.4, -0.2) is 32.1 Å². The summed E-state index contributed by atoms with van der Waals surface area (Å²) in [5, 5.41) is 6.36. The second kappa shape index (κ2) is 6.16. The molecule has 0 spiro atoms. The summed E-state index contributed by atoms with van der Waals surface area (Å²) in [6.45, 7) is 0.628. The molecule has 0 saturated heterocycles. The molecule has 7 heteroatoms. The van der Waals surface area contributed by atoms with Crippen LogP contribution in [-0.2, 0) is 13.0 Å². The fraction of sp³-hybridized carbons (Fsp3) is 0.222. The highest BCUT2D eigenvalue weighted by atomic mass is 19.3. The lowest BCUT2D eigenvalue weighted by Crippen LogP contribution is -2.36. The zero-order valence-electron chi connectivity index (χ0n) is 13.3. The average molecular weight is 342 g/mol. The minimum absolute atomic E-state index is 0.151. The molecule has 1 aliphatic rings. The highest BCUT2D eigenvalue weighted by Gasteiger charge is 2.28. The first-order chi connectivity index (χ1) is 12.1. The summed E-state index contributed by atoms with van der Waals surface area (Å²) in [7, 11) is 0. The Kier molecular flexibility index (Phi) is 3.83. The van der Waals surface area contributed by atoms with Crippen molar-refractivity contribution in [3.8, 4) is 5.69 Å². The van der Waals surface area contributed by atoms with E-state index in [9.17, 15) is 13.6 Å². The molecular weight excluding hydrogens is 326 g/mol. The summed E-state index contributed by atoms with van der Waals surface area (Å²) < 4.78 is 28.0. The second-order valence-electron chi connectivity index (χ2n) is 5.98. The molecule has 3 aromatic rings. The van der Waals surface area contributed by atoms with Crippen molar-refractivity contribution in [3.63, 3.8) is 0 Å². The fourth-order valence-electron chi connectivity index (χ4n) is 3.16. The number of benzene rings is 1. The Balaban J connectivity index is 1.60. The summed E-state index contributed by atoms with van der Waals surface area (Å²) in [6.07, 6.45) is 1.65. The monoisotopic (exact) mass is 342 g/mol. The number of carbonyl (C=O) groups is 1. The van der Waals surface area contributed by atoms with Crippen molar-refractivity contribution in [1.29, 1.82) is 0 Å². The maximum atomic E-state index is 13.1. The molecular formula is C18H16F2N4O. The Morgan fingerprint density at radius 1 is 1.20 bits per heavy atom. The van der Waals surface area contributed by atoms with E-state index in [0.29, 0.717) is 29.8 Å². The predicted octanol–water partition coefficient (Wildman–Crippen LogP) is 3.34. The molecule has 128 valence electrons. The van der Waals surface area contributed by atoms with E-state index >= 15 is 0 Å². The van der Waals surface area contributed by atoms with Crippen LogP contribution in [0.4, 0.5) is 8.78 Å². The maximum Gasteiger partial charge on any atom is 0.282 e. The number of carbonyl (C=O) groups excluding carboxylic acids is 1. The number of aromatic amines is 1. The molecule has 1 N–H and O–H groups in total. The molecule has 1 aliphatic heterocycles. The molecule has 0 bridgehead atoms. The van der Waals surface area contributed by atoms with Crippen LogP contribution >= 0.6 is 0 Å². The highest BCUT2D eigenvalue weighted by molar-refractivity contribution is 5.95. The number of nitrogens with one attached hydrogen (secondary N) is 1. The summed E-state index contributed by atoms with van der Waals surface area (Å²) in [5.41, 5.74) is 2.30. The topological polar surface area (TPSA) is 53.9 Å². The van der Waals surface area contributed by atoms with Gasteiger partial charge in [0.05, 0.1) is 0 Å². The second-order valence-corrected chi connectivity index (χ2v) is 5.98. The molecule has 0 saturated carbocycles. The number of hydrogen-bond acceptors (Lipinski definition) is 2. The lowest BCUT2D eigenvalue weighted by atomic mass is 10.0. The zero-order chi connectivity index (χ0) is 17.4. The maximum absolute atomic E-state index is 13.1. The number of amides is 1. The normalized spacial score (nSPS) is 14.0. The largest absolute Gasteiger partial charge is 0.334 e. The van der Waals surface area contributed by atoms with E-state index < -0.39 is 6.43 Å². The number of H-pyrrole nitrogens is 1. The third kappa shape index (κ3) is 2.82. The van der Waals surface area contributed by atoms with Gasteiger partial charge in [0.15, 0.2) is 0 Å². The van der Waals surface area contributed by atoms with E-state index in [-0.39, 0.29) is 18.1 Å². The average Bonchev–Trinajstić information content (AvgIpc) is 3.30. The van der Waals surface area contributed by atoms with Gasteiger partial charge >= 0.3 is 0 Å². The Morgan fingerprint density at radius 3 is 2.76 bits per heavy atom. The molecule has 0 atom stereocenters. The van der Waals surface area contributed by atoms with Gasteiger partial charge in [0.2, 0.25) is 0 Å². The number of aromatic nitrogens is 3. The Morgan fingerprint density at radius 2 is 2.00 bits per heavy atom. The minimum atomic E-state index is -2.65. The van der Waals surface area contributed by atoms with Gasteiger partial charge in [0.25, 0.3) is 12.3 Å². The first kappa shape index (κ1) is 15.6. The third-order valence-electron chi connectivity index (χ3n) is 4.46. The van der Waals surface area contributed by atoms with E-state index in [1.807, 2.05) is 41.2 Å². The number of rotatable bonds is 3. The van der Waals surface area contributed by atoms with Gasteiger partial charge in [-0.1, -0.05) is 6.07 Å².